The Labute approximate surface area is 191 Å². The third kappa shape index (κ3) is 7.28. The highest BCUT2D eigenvalue weighted by Crippen LogP contribution is 2.22. The minimum atomic E-state index is -0.640. The van der Waals surface area contributed by atoms with Crippen LogP contribution in [-0.2, 0) is 9.53 Å². The van der Waals surface area contributed by atoms with Gasteiger partial charge in [-0.05, 0) is 71.4 Å². The van der Waals surface area contributed by atoms with Gasteiger partial charge in [0, 0.05) is 25.7 Å². The smallest absolute Gasteiger partial charge is 0.410 e. The summed E-state index contributed by atoms with van der Waals surface area (Å²) in [6.07, 6.45) is 2.89. The fourth-order valence-electron chi connectivity index (χ4n) is 3.84. The second-order valence-corrected chi connectivity index (χ2v) is 10.2. The molecule has 1 aliphatic heterocycles. The second-order valence-electron chi connectivity index (χ2n) is 10.2. The van der Waals surface area contributed by atoms with E-state index in [0.717, 1.165) is 12.8 Å². The summed E-state index contributed by atoms with van der Waals surface area (Å²) in [6, 6.07) is 2.57. The molecule has 8 nitrogen and oxygen atoms in total. The molecule has 3 amide bonds. The van der Waals surface area contributed by atoms with Crippen molar-refractivity contribution in [3.05, 3.63) is 24.2 Å². The van der Waals surface area contributed by atoms with Gasteiger partial charge in [-0.25, -0.2) is 4.79 Å². The molecule has 2 rings (SSSR count). The molecule has 1 N–H and O–H groups in total. The lowest BCUT2D eigenvalue weighted by Gasteiger charge is -2.39. The molecule has 180 valence electrons. The van der Waals surface area contributed by atoms with E-state index in [1.165, 1.54) is 6.26 Å². The summed E-state index contributed by atoms with van der Waals surface area (Å²) in [5, 5.41) is 2.83. The normalized spacial score (nSPS) is 17.9. The van der Waals surface area contributed by atoms with Crippen molar-refractivity contribution in [1.82, 2.24) is 15.1 Å². The Balaban J connectivity index is 2.04. The minimum Gasteiger partial charge on any atom is -0.459 e. The Bertz CT molecular complexity index is 767. The van der Waals surface area contributed by atoms with Crippen LogP contribution in [0.15, 0.2) is 22.8 Å². The van der Waals surface area contributed by atoms with Gasteiger partial charge < -0.3 is 24.3 Å². The van der Waals surface area contributed by atoms with Crippen molar-refractivity contribution in [1.29, 1.82) is 0 Å². The number of nitrogens with zero attached hydrogens (tertiary/aromatic N) is 2. The van der Waals surface area contributed by atoms with Crippen molar-refractivity contribution < 1.29 is 23.5 Å². The van der Waals surface area contributed by atoms with Gasteiger partial charge in [-0.3, -0.25) is 9.59 Å². The van der Waals surface area contributed by atoms with Gasteiger partial charge in [0.15, 0.2) is 5.76 Å². The van der Waals surface area contributed by atoms with E-state index in [-0.39, 0.29) is 35.6 Å². The molecule has 0 bridgehead atoms. The molecular formula is C24H39N3O5. The number of carbonyl (C=O) groups is 3. The van der Waals surface area contributed by atoms with Gasteiger partial charge in [-0.1, -0.05) is 13.8 Å². The first-order valence-electron chi connectivity index (χ1n) is 11.5. The van der Waals surface area contributed by atoms with Crippen LogP contribution in [0, 0.1) is 11.8 Å². The molecule has 0 aliphatic carbocycles. The largest absolute Gasteiger partial charge is 0.459 e. The van der Waals surface area contributed by atoms with E-state index < -0.39 is 17.6 Å². The first-order valence-corrected chi connectivity index (χ1v) is 11.5. The van der Waals surface area contributed by atoms with Crippen molar-refractivity contribution >= 4 is 17.9 Å². The average Bonchev–Trinajstić information content (AvgIpc) is 3.23. The van der Waals surface area contributed by atoms with Crippen LogP contribution in [-0.4, -0.2) is 65.0 Å². The topological polar surface area (TPSA) is 92.1 Å². The maximum absolute atomic E-state index is 13.3. The molecule has 1 aliphatic rings. The van der Waals surface area contributed by atoms with Crippen LogP contribution < -0.4 is 5.32 Å². The van der Waals surface area contributed by atoms with Crippen molar-refractivity contribution in [3.63, 3.8) is 0 Å². The molecule has 0 saturated carbocycles. The third-order valence-electron chi connectivity index (χ3n) is 5.50. The highest BCUT2D eigenvalue weighted by molar-refractivity contribution is 5.95. The Kier molecular flexibility index (Phi) is 8.75. The minimum absolute atomic E-state index is 0.00748. The number of ether oxygens (including phenoxy) is 1. The van der Waals surface area contributed by atoms with Crippen LogP contribution in [0.3, 0.4) is 0 Å². The zero-order valence-electron chi connectivity index (χ0n) is 20.5. The lowest BCUT2D eigenvalue weighted by atomic mass is 9.94. The van der Waals surface area contributed by atoms with E-state index >= 15 is 0 Å². The van der Waals surface area contributed by atoms with E-state index in [4.69, 9.17) is 9.15 Å². The van der Waals surface area contributed by atoms with Crippen LogP contribution in [0.1, 0.15) is 71.9 Å². The Morgan fingerprint density at radius 3 is 2.47 bits per heavy atom. The number of amides is 3. The van der Waals surface area contributed by atoms with Crippen LogP contribution in [0.5, 0.6) is 0 Å². The van der Waals surface area contributed by atoms with Crippen LogP contribution >= 0.6 is 0 Å². The summed E-state index contributed by atoms with van der Waals surface area (Å²) < 4.78 is 10.7. The number of nitrogens with one attached hydrogen (secondary N) is 1. The predicted octanol–water partition coefficient (Wildman–Crippen LogP) is 3.92. The standard InChI is InChI=1S/C24H39N3O5/c1-16(2)20(25-21(28)19-11-9-13-31-19)22(29)26-12-8-10-18(14-26)15-27(17(3)4)23(30)32-24(5,6)7/h9,11,13,16-18,20H,8,10,12,14-15H2,1-7H3,(H,25,28). The van der Waals surface area contributed by atoms with Gasteiger partial charge in [0.2, 0.25) is 5.91 Å². The Morgan fingerprint density at radius 2 is 1.94 bits per heavy atom. The highest BCUT2D eigenvalue weighted by atomic mass is 16.6. The lowest BCUT2D eigenvalue weighted by molar-refractivity contribution is -0.136. The molecule has 2 atom stereocenters. The zero-order chi connectivity index (χ0) is 24.1. The van der Waals surface area contributed by atoms with E-state index in [2.05, 4.69) is 5.32 Å². The molecule has 1 saturated heterocycles. The molecule has 2 heterocycles. The molecule has 0 aromatic carbocycles. The van der Waals surface area contributed by atoms with Gasteiger partial charge >= 0.3 is 6.09 Å². The van der Waals surface area contributed by atoms with E-state index in [9.17, 15) is 14.4 Å². The van der Waals surface area contributed by atoms with E-state index in [1.807, 2.05) is 53.4 Å². The summed E-state index contributed by atoms with van der Waals surface area (Å²) in [7, 11) is 0. The monoisotopic (exact) mass is 449 g/mol. The fourth-order valence-corrected chi connectivity index (χ4v) is 3.84. The number of hydrogen-bond donors (Lipinski definition) is 1. The molecule has 1 aromatic heterocycles. The van der Waals surface area contributed by atoms with Crippen LogP contribution in [0.2, 0.25) is 0 Å². The molecular weight excluding hydrogens is 410 g/mol. The number of carbonyl (C=O) groups excluding carboxylic acids is 3. The molecule has 32 heavy (non-hydrogen) atoms. The van der Waals surface area contributed by atoms with Gasteiger partial charge in [0.05, 0.1) is 6.26 Å². The van der Waals surface area contributed by atoms with Gasteiger partial charge in [0.25, 0.3) is 5.91 Å². The fraction of sp³-hybridized carbons (Fsp3) is 0.708. The van der Waals surface area contributed by atoms with Crippen LogP contribution in [0.4, 0.5) is 4.79 Å². The average molecular weight is 450 g/mol. The van der Waals surface area contributed by atoms with Crippen molar-refractivity contribution in [2.45, 2.75) is 79.0 Å². The summed E-state index contributed by atoms with van der Waals surface area (Å²) >= 11 is 0. The Morgan fingerprint density at radius 1 is 1.25 bits per heavy atom. The molecule has 1 fully saturated rings. The number of hydrogen-bond acceptors (Lipinski definition) is 5. The summed E-state index contributed by atoms with van der Waals surface area (Å²) in [6.45, 7) is 15.0. The molecule has 8 heteroatoms. The first kappa shape index (κ1) is 25.7. The third-order valence-corrected chi connectivity index (χ3v) is 5.50. The quantitative estimate of drug-likeness (QED) is 0.681. The Hall–Kier alpha value is -2.51. The summed E-state index contributed by atoms with van der Waals surface area (Å²) in [4.78, 5) is 42.0. The van der Waals surface area contributed by atoms with Crippen molar-refractivity contribution in [2.75, 3.05) is 19.6 Å². The summed E-state index contributed by atoms with van der Waals surface area (Å²) in [5.41, 5.74) is -0.560. The number of furan rings is 1. The number of piperidine rings is 1. The maximum atomic E-state index is 13.3. The van der Waals surface area contributed by atoms with E-state index in [1.54, 1.807) is 17.0 Å². The number of likely N-dealkylation sites (tertiary alicyclic amines) is 1. The predicted molar refractivity (Wildman–Crippen MR) is 122 cm³/mol. The summed E-state index contributed by atoms with van der Waals surface area (Å²) in [5.74, 6) is -0.235. The molecule has 0 radical (unpaired) electrons. The molecule has 1 aromatic rings. The lowest BCUT2D eigenvalue weighted by Crippen LogP contribution is -2.54. The molecule has 2 unspecified atom stereocenters. The molecule has 0 spiro atoms. The van der Waals surface area contributed by atoms with Gasteiger partial charge in [-0.2, -0.15) is 0 Å². The van der Waals surface area contributed by atoms with E-state index in [0.29, 0.717) is 19.6 Å². The van der Waals surface area contributed by atoms with Crippen molar-refractivity contribution in [2.24, 2.45) is 11.8 Å². The van der Waals surface area contributed by atoms with Crippen molar-refractivity contribution in [3.8, 4) is 0 Å². The highest BCUT2D eigenvalue weighted by Gasteiger charge is 2.34. The SMILES string of the molecule is CC(C)C(NC(=O)c1ccco1)C(=O)N1CCCC(CN(C(=O)OC(C)(C)C)C(C)C)C1. The second kappa shape index (κ2) is 10.9. The maximum Gasteiger partial charge on any atom is 0.410 e. The van der Waals surface area contributed by atoms with Gasteiger partial charge in [0.1, 0.15) is 11.6 Å². The van der Waals surface area contributed by atoms with Gasteiger partial charge in [-0.15, -0.1) is 0 Å². The number of rotatable bonds is 7. The first-order chi connectivity index (χ1) is 14.9. The zero-order valence-corrected chi connectivity index (χ0v) is 20.5. The van der Waals surface area contributed by atoms with Crippen LogP contribution in [0.25, 0.3) is 0 Å².